The number of nitrogens with one attached hydrogen (secondary N) is 1. The molecule has 4 heterocycles. The van der Waals surface area contributed by atoms with Gasteiger partial charge >= 0.3 is 5.69 Å². The van der Waals surface area contributed by atoms with Crippen LogP contribution in [0.3, 0.4) is 0 Å². The molecule has 7 heteroatoms. The van der Waals surface area contributed by atoms with Crippen LogP contribution < -0.4 is 11.0 Å². The number of rotatable bonds is 4. The number of imidazole rings is 1. The molecule has 0 aromatic carbocycles. The van der Waals surface area contributed by atoms with Gasteiger partial charge in [-0.05, 0) is 57.0 Å². The van der Waals surface area contributed by atoms with Gasteiger partial charge in [-0.3, -0.25) is 14.1 Å². The summed E-state index contributed by atoms with van der Waals surface area (Å²) in [6.07, 6.45) is 7.05. The van der Waals surface area contributed by atoms with Crippen LogP contribution in [0.4, 0.5) is 5.82 Å². The minimum Gasteiger partial charge on any atom is -0.367 e. The number of aromatic nitrogens is 5. The van der Waals surface area contributed by atoms with Crippen LogP contribution in [-0.4, -0.2) is 30.1 Å². The third kappa shape index (κ3) is 2.66. The Kier molecular flexibility index (Phi) is 3.89. The summed E-state index contributed by atoms with van der Waals surface area (Å²) in [7, 11) is 0. The molecular weight excluding hydrogens is 352 g/mol. The summed E-state index contributed by atoms with van der Waals surface area (Å²) in [4.78, 5) is 26.3. The van der Waals surface area contributed by atoms with E-state index in [-0.39, 0.29) is 17.8 Å². The standard InChI is InChI=1S/C21H22N6O/c1-13(2)26-18-4-3-8-23-20(18)27(21(26)28)16-10-15(11-16)24-19-6-5-14-7-9-22-12-17(14)25-19/h3-9,12-13,15-16H,10-11H2,1-2H3,(H,24,25). The van der Waals surface area contributed by atoms with Crippen LogP contribution in [-0.2, 0) is 0 Å². The van der Waals surface area contributed by atoms with Gasteiger partial charge in [0.05, 0.1) is 17.2 Å². The minimum absolute atomic E-state index is 0.0297. The zero-order valence-electron chi connectivity index (χ0n) is 15.9. The lowest BCUT2D eigenvalue weighted by Gasteiger charge is -2.36. The predicted octanol–water partition coefficient (Wildman–Crippen LogP) is 3.54. The topological polar surface area (TPSA) is 77.6 Å². The molecule has 5 rings (SSSR count). The Hall–Kier alpha value is -3.22. The van der Waals surface area contributed by atoms with E-state index < -0.39 is 0 Å². The highest BCUT2D eigenvalue weighted by atomic mass is 16.2. The van der Waals surface area contributed by atoms with Crippen LogP contribution in [0.2, 0.25) is 0 Å². The molecule has 0 radical (unpaired) electrons. The van der Waals surface area contributed by atoms with E-state index in [1.165, 1.54) is 0 Å². The van der Waals surface area contributed by atoms with Crippen LogP contribution in [0.1, 0.15) is 38.8 Å². The molecule has 4 aromatic heterocycles. The Balaban J connectivity index is 1.38. The van der Waals surface area contributed by atoms with Crippen molar-refractivity contribution in [2.45, 2.75) is 44.8 Å². The van der Waals surface area contributed by atoms with Crippen molar-refractivity contribution in [3.63, 3.8) is 0 Å². The lowest BCUT2D eigenvalue weighted by molar-refractivity contribution is 0.278. The van der Waals surface area contributed by atoms with E-state index in [2.05, 4.69) is 20.3 Å². The average molecular weight is 374 g/mol. The number of anilines is 1. The predicted molar refractivity (Wildman–Crippen MR) is 110 cm³/mol. The third-order valence-corrected chi connectivity index (χ3v) is 5.51. The molecule has 7 nitrogen and oxygen atoms in total. The Labute approximate surface area is 162 Å². The van der Waals surface area contributed by atoms with E-state index in [1.54, 1.807) is 18.6 Å². The van der Waals surface area contributed by atoms with E-state index >= 15 is 0 Å². The van der Waals surface area contributed by atoms with Gasteiger partial charge in [0.25, 0.3) is 0 Å². The molecule has 0 unspecified atom stereocenters. The Morgan fingerprint density at radius 3 is 2.82 bits per heavy atom. The molecule has 1 fully saturated rings. The van der Waals surface area contributed by atoms with E-state index in [1.807, 2.05) is 53.3 Å². The first-order valence-corrected chi connectivity index (χ1v) is 9.66. The fourth-order valence-corrected chi connectivity index (χ4v) is 4.07. The van der Waals surface area contributed by atoms with E-state index in [0.717, 1.165) is 40.7 Å². The lowest BCUT2D eigenvalue weighted by Crippen LogP contribution is -2.41. The van der Waals surface area contributed by atoms with Crippen LogP contribution >= 0.6 is 0 Å². The molecule has 142 valence electrons. The highest BCUT2D eigenvalue weighted by Gasteiger charge is 2.34. The summed E-state index contributed by atoms with van der Waals surface area (Å²) < 4.78 is 3.70. The van der Waals surface area contributed by atoms with Crippen LogP contribution in [0.25, 0.3) is 22.1 Å². The molecule has 1 N–H and O–H groups in total. The van der Waals surface area contributed by atoms with Crippen molar-refractivity contribution in [2.24, 2.45) is 0 Å². The van der Waals surface area contributed by atoms with Crippen molar-refractivity contribution in [1.82, 2.24) is 24.1 Å². The maximum absolute atomic E-state index is 13.0. The fraction of sp³-hybridized carbons (Fsp3) is 0.333. The Bertz CT molecular complexity index is 1220. The minimum atomic E-state index is 0.0297. The molecule has 1 saturated carbocycles. The highest BCUT2D eigenvalue weighted by molar-refractivity contribution is 5.79. The van der Waals surface area contributed by atoms with Crippen molar-refractivity contribution < 1.29 is 0 Å². The largest absolute Gasteiger partial charge is 0.367 e. The summed E-state index contributed by atoms with van der Waals surface area (Å²) >= 11 is 0. The van der Waals surface area contributed by atoms with Gasteiger partial charge in [-0.25, -0.2) is 14.8 Å². The van der Waals surface area contributed by atoms with E-state index in [9.17, 15) is 4.79 Å². The summed E-state index contributed by atoms with van der Waals surface area (Å²) in [5.74, 6) is 0.846. The molecule has 0 spiro atoms. The first kappa shape index (κ1) is 16.9. The molecule has 1 aliphatic carbocycles. The number of hydrogen-bond acceptors (Lipinski definition) is 5. The van der Waals surface area contributed by atoms with Crippen molar-refractivity contribution >= 4 is 27.9 Å². The van der Waals surface area contributed by atoms with Gasteiger partial charge in [-0.2, -0.15) is 0 Å². The molecule has 0 atom stereocenters. The zero-order chi connectivity index (χ0) is 19.3. The monoisotopic (exact) mass is 374 g/mol. The molecule has 0 bridgehead atoms. The summed E-state index contributed by atoms with van der Waals surface area (Å²) in [6, 6.07) is 10.4. The Morgan fingerprint density at radius 2 is 2.00 bits per heavy atom. The summed E-state index contributed by atoms with van der Waals surface area (Å²) in [5.41, 5.74) is 2.59. The van der Waals surface area contributed by atoms with Crippen LogP contribution in [0.15, 0.2) is 53.7 Å². The molecule has 0 saturated heterocycles. The second kappa shape index (κ2) is 6.44. The van der Waals surface area contributed by atoms with Gasteiger partial charge in [0.1, 0.15) is 5.82 Å². The van der Waals surface area contributed by atoms with Gasteiger partial charge in [0.2, 0.25) is 0 Å². The van der Waals surface area contributed by atoms with Crippen LogP contribution in [0.5, 0.6) is 0 Å². The smallest absolute Gasteiger partial charge is 0.330 e. The molecule has 0 amide bonds. The summed E-state index contributed by atoms with van der Waals surface area (Å²) in [6.45, 7) is 4.06. The van der Waals surface area contributed by atoms with Crippen molar-refractivity contribution in [3.05, 3.63) is 59.4 Å². The van der Waals surface area contributed by atoms with E-state index in [0.29, 0.717) is 6.04 Å². The average Bonchev–Trinajstić information content (AvgIpc) is 2.96. The lowest BCUT2D eigenvalue weighted by atomic mass is 9.86. The van der Waals surface area contributed by atoms with Gasteiger partial charge in [0, 0.05) is 35.9 Å². The first-order valence-electron chi connectivity index (χ1n) is 9.66. The number of pyridine rings is 3. The van der Waals surface area contributed by atoms with Crippen molar-refractivity contribution in [1.29, 1.82) is 0 Å². The van der Waals surface area contributed by atoms with Gasteiger partial charge in [-0.15, -0.1) is 0 Å². The highest BCUT2D eigenvalue weighted by Crippen LogP contribution is 2.35. The molecule has 1 aliphatic rings. The van der Waals surface area contributed by atoms with Crippen LogP contribution in [0, 0.1) is 0 Å². The summed E-state index contributed by atoms with van der Waals surface area (Å²) in [5, 5.41) is 4.56. The van der Waals surface area contributed by atoms with Gasteiger partial charge in [-0.1, -0.05) is 0 Å². The molecule has 4 aromatic rings. The number of fused-ring (bicyclic) bond motifs is 2. The fourth-order valence-electron chi connectivity index (χ4n) is 4.07. The quantitative estimate of drug-likeness (QED) is 0.591. The second-order valence-corrected chi connectivity index (χ2v) is 7.69. The third-order valence-electron chi connectivity index (χ3n) is 5.51. The van der Waals surface area contributed by atoms with Gasteiger partial charge in [0.15, 0.2) is 5.65 Å². The first-order chi connectivity index (χ1) is 13.6. The normalized spacial score (nSPS) is 19.2. The number of hydrogen-bond donors (Lipinski definition) is 1. The maximum Gasteiger partial charge on any atom is 0.330 e. The SMILES string of the molecule is CC(C)n1c(=O)n(C2CC(Nc3ccc4ccncc4n3)C2)c2ncccc21. The number of nitrogens with zero attached hydrogens (tertiary/aromatic N) is 5. The molecular formula is C21H22N6O. The van der Waals surface area contributed by atoms with Crippen molar-refractivity contribution in [3.8, 4) is 0 Å². The Morgan fingerprint density at radius 1 is 1.14 bits per heavy atom. The molecule has 0 aliphatic heterocycles. The molecule has 28 heavy (non-hydrogen) atoms. The zero-order valence-corrected chi connectivity index (χ0v) is 15.9. The second-order valence-electron chi connectivity index (χ2n) is 7.69. The maximum atomic E-state index is 13.0. The van der Waals surface area contributed by atoms with E-state index in [4.69, 9.17) is 0 Å². The van der Waals surface area contributed by atoms with Gasteiger partial charge < -0.3 is 5.32 Å². The van der Waals surface area contributed by atoms with Crippen molar-refractivity contribution in [2.75, 3.05) is 5.32 Å².